The average Bonchev–Trinajstić information content (AvgIpc) is 2.90. The largest absolute Gasteiger partial charge is 0.497 e. The van der Waals surface area contributed by atoms with Crippen LogP contribution in [0.25, 0.3) is 16.6 Å². The minimum atomic E-state index is 0.907. The van der Waals surface area contributed by atoms with E-state index in [2.05, 4.69) is 41.0 Å². The zero-order valence-electron chi connectivity index (χ0n) is 12.3. The Labute approximate surface area is 125 Å². The van der Waals surface area contributed by atoms with Crippen LogP contribution in [0.15, 0.2) is 48.5 Å². The van der Waals surface area contributed by atoms with Crippen molar-refractivity contribution in [1.82, 2.24) is 4.57 Å². The van der Waals surface area contributed by atoms with Crippen LogP contribution in [0.5, 0.6) is 5.75 Å². The van der Waals surface area contributed by atoms with Crippen molar-refractivity contribution in [2.45, 2.75) is 25.7 Å². The molecule has 0 bridgehead atoms. The van der Waals surface area contributed by atoms with Crippen LogP contribution in [0.2, 0.25) is 0 Å². The van der Waals surface area contributed by atoms with Crippen molar-refractivity contribution in [2.75, 3.05) is 7.11 Å². The zero-order valence-corrected chi connectivity index (χ0v) is 12.3. The van der Waals surface area contributed by atoms with Crippen LogP contribution in [0, 0.1) is 0 Å². The second-order valence-electron chi connectivity index (χ2n) is 5.68. The van der Waals surface area contributed by atoms with Gasteiger partial charge in [0.1, 0.15) is 5.75 Å². The molecule has 0 N–H and O–H groups in total. The van der Waals surface area contributed by atoms with Crippen molar-refractivity contribution in [2.24, 2.45) is 0 Å². The second kappa shape index (κ2) is 4.96. The lowest BCUT2D eigenvalue weighted by Gasteiger charge is -2.16. The van der Waals surface area contributed by atoms with Crippen molar-refractivity contribution in [3.8, 4) is 11.4 Å². The predicted molar refractivity (Wildman–Crippen MR) is 86.5 cm³/mol. The second-order valence-corrected chi connectivity index (χ2v) is 5.68. The quantitative estimate of drug-likeness (QED) is 0.672. The van der Waals surface area contributed by atoms with Crippen LogP contribution in [-0.4, -0.2) is 11.7 Å². The Balaban J connectivity index is 1.98. The van der Waals surface area contributed by atoms with Crippen LogP contribution in [0.3, 0.4) is 0 Å². The molecule has 1 aliphatic carbocycles. The van der Waals surface area contributed by atoms with Crippen LogP contribution in [0.1, 0.15) is 24.1 Å². The summed E-state index contributed by atoms with van der Waals surface area (Å²) in [7, 11) is 1.71. The Bertz CT molecular complexity index is 783. The van der Waals surface area contributed by atoms with Gasteiger partial charge in [0.2, 0.25) is 0 Å². The molecule has 2 nitrogen and oxygen atoms in total. The molecule has 21 heavy (non-hydrogen) atoms. The molecule has 1 aliphatic rings. The average molecular weight is 277 g/mol. The van der Waals surface area contributed by atoms with E-state index < -0.39 is 0 Å². The number of nitrogens with zero attached hydrogens (tertiary/aromatic N) is 1. The first kappa shape index (κ1) is 12.5. The van der Waals surface area contributed by atoms with Crippen LogP contribution < -0.4 is 4.74 Å². The van der Waals surface area contributed by atoms with E-state index in [9.17, 15) is 0 Å². The summed E-state index contributed by atoms with van der Waals surface area (Å²) in [6, 6.07) is 17.2. The maximum Gasteiger partial charge on any atom is 0.119 e. The molecule has 4 rings (SSSR count). The molecule has 0 atom stereocenters. The number of para-hydroxylation sites is 1. The molecule has 1 heterocycles. The van der Waals surface area contributed by atoms with Gasteiger partial charge in [-0.3, -0.25) is 0 Å². The fraction of sp³-hybridized carbons (Fsp3) is 0.263. The van der Waals surface area contributed by atoms with Gasteiger partial charge < -0.3 is 9.30 Å². The highest BCUT2D eigenvalue weighted by molar-refractivity contribution is 5.87. The van der Waals surface area contributed by atoms with Crippen molar-refractivity contribution in [3.63, 3.8) is 0 Å². The number of benzene rings is 2. The molecule has 2 heteroatoms. The van der Waals surface area contributed by atoms with Crippen molar-refractivity contribution >= 4 is 10.9 Å². The highest BCUT2D eigenvalue weighted by Gasteiger charge is 2.20. The molecule has 0 fully saturated rings. The lowest BCUT2D eigenvalue weighted by Crippen LogP contribution is -2.06. The molecule has 2 aromatic carbocycles. The number of aryl methyl sites for hydroxylation is 1. The topological polar surface area (TPSA) is 14.2 Å². The van der Waals surface area contributed by atoms with E-state index in [1.807, 2.05) is 12.1 Å². The fourth-order valence-corrected chi connectivity index (χ4v) is 3.52. The maximum absolute atomic E-state index is 5.28. The molecule has 0 aliphatic heterocycles. The van der Waals surface area contributed by atoms with Gasteiger partial charge in [-0.15, -0.1) is 0 Å². The number of ether oxygens (including phenoxy) is 1. The van der Waals surface area contributed by atoms with Gasteiger partial charge in [-0.25, -0.2) is 0 Å². The minimum absolute atomic E-state index is 0.907. The molecule has 3 aromatic rings. The first-order valence-corrected chi connectivity index (χ1v) is 7.64. The van der Waals surface area contributed by atoms with E-state index in [-0.39, 0.29) is 0 Å². The van der Waals surface area contributed by atoms with E-state index in [0.717, 1.165) is 5.75 Å². The number of hydrogen-bond acceptors (Lipinski definition) is 1. The van der Waals surface area contributed by atoms with E-state index in [4.69, 9.17) is 4.74 Å². The van der Waals surface area contributed by atoms with Gasteiger partial charge in [0.05, 0.1) is 12.6 Å². The van der Waals surface area contributed by atoms with E-state index in [1.165, 1.54) is 48.0 Å². The van der Waals surface area contributed by atoms with Gasteiger partial charge in [-0.2, -0.15) is 0 Å². The van der Waals surface area contributed by atoms with E-state index in [1.54, 1.807) is 12.7 Å². The van der Waals surface area contributed by atoms with E-state index in [0.29, 0.717) is 0 Å². The molecule has 0 saturated heterocycles. The van der Waals surface area contributed by atoms with Gasteiger partial charge in [0.25, 0.3) is 0 Å². The highest BCUT2D eigenvalue weighted by atomic mass is 16.5. The summed E-state index contributed by atoms with van der Waals surface area (Å²) in [6.07, 6.45) is 4.98. The first-order valence-electron chi connectivity index (χ1n) is 7.64. The van der Waals surface area contributed by atoms with Gasteiger partial charge in [0.15, 0.2) is 0 Å². The molecular formula is C19H19NO. The Kier molecular flexibility index (Phi) is 2.95. The van der Waals surface area contributed by atoms with Gasteiger partial charge in [0, 0.05) is 16.8 Å². The van der Waals surface area contributed by atoms with Crippen molar-refractivity contribution in [3.05, 3.63) is 59.8 Å². The number of fused-ring (bicyclic) bond motifs is 3. The molecule has 0 unspecified atom stereocenters. The van der Waals surface area contributed by atoms with Crippen LogP contribution >= 0.6 is 0 Å². The molecule has 0 amide bonds. The van der Waals surface area contributed by atoms with Crippen LogP contribution in [-0.2, 0) is 12.8 Å². The lowest BCUT2D eigenvalue weighted by molar-refractivity contribution is 0.414. The molecule has 0 saturated carbocycles. The number of aromatic nitrogens is 1. The van der Waals surface area contributed by atoms with Gasteiger partial charge in [-0.1, -0.05) is 18.2 Å². The molecule has 106 valence electrons. The van der Waals surface area contributed by atoms with E-state index >= 15 is 0 Å². The minimum Gasteiger partial charge on any atom is -0.497 e. The standard InChI is InChI=1S/C19H19NO/c1-21-15-12-10-14(11-13-15)20-18-8-4-2-6-16(18)17-7-3-5-9-19(17)20/h2,4,6,8,10-13H,3,5,7,9H2,1H3. The monoisotopic (exact) mass is 277 g/mol. The van der Waals surface area contributed by atoms with Gasteiger partial charge >= 0.3 is 0 Å². The summed E-state index contributed by atoms with van der Waals surface area (Å²) in [6.45, 7) is 0. The smallest absolute Gasteiger partial charge is 0.119 e. The Hall–Kier alpha value is -2.22. The first-order chi connectivity index (χ1) is 10.4. The number of rotatable bonds is 2. The fourth-order valence-electron chi connectivity index (χ4n) is 3.52. The lowest BCUT2D eigenvalue weighted by atomic mass is 9.95. The Morgan fingerprint density at radius 3 is 2.48 bits per heavy atom. The number of methoxy groups -OCH3 is 1. The zero-order chi connectivity index (χ0) is 14.2. The third-order valence-electron chi connectivity index (χ3n) is 4.51. The normalized spacial score (nSPS) is 14.1. The van der Waals surface area contributed by atoms with Crippen LogP contribution in [0.4, 0.5) is 0 Å². The highest BCUT2D eigenvalue weighted by Crippen LogP contribution is 2.34. The summed E-state index contributed by atoms with van der Waals surface area (Å²) in [4.78, 5) is 0. The molecule has 0 radical (unpaired) electrons. The third kappa shape index (κ3) is 1.94. The molecular weight excluding hydrogens is 258 g/mol. The summed E-state index contributed by atoms with van der Waals surface area (Å²) >= 11 is 0. The Morgan fingerprint density at radius 2 is 1.67 bits per heavy atom. The van der Waals surface area contributed by atoms with Crippen molar-refractivity contribution < 1.29 is 4.74 Å². The summed E-state index contributed by atoms with van der Waals surface area (Å²) in [5.41, 5.74) is 5.60. The Morgan fingerprint density at radius 1 is 0.905 bits per heavy atom. The molecule has 1 aromatic heterocycles. The third-order valence-corrected chi connectivity index (χ3v) is 4.51. The summed E-state index contributed by atoms with van der Waals surface area (Å²) in [5, 5.41) is 1.42. The summed E-state index contributed by atoms with van der Waals surface area (Å²) < 4.78 is 7.71. The molecule has 0 spiro atoms. The van der Waals surface area contributed by atoms with Gasteiger partial charge in [-0.05, 0) is 61.6 Å². The number of hydrogen-bond donors (Lipinski definition) is 0. The maximum atomic E-state index is 5.28. The van der Waals surface area contributed by atoms with Crippen molar-refractivity contribution in [1.29, 1.82) is 0 Å². The predicted octanol–water partition coefficient (Wildman–Crippen LogP) is 4.52. The summed E-state index contributed by atoms with van der Waals surface area (Å²) in [5.74, 6) is 0.907. The SMILES string of the molecule is COc1ccc(-n2c3c(c4ccccc42)CCCC3)cc1.